The number of carbonyl (C=O) groups excluding carboxylic acids is 1. The molecule has 0 bridgehead atoms. The Kier molecular flexibility index (Phi) is 5.78. The van der Waals surface area contributed by atoms with Crippen LogP contribution < -0.4 is 5.32 Å². The van der Waals surface area contributed by atoms with Gasteiger partial charge in [-0.15, -0.1) is 0 Å². The Labute approximate surface area is 132 Å². The smallest absolute Gasteiger partial charge is 0.233 e. The van der Waals surface area contributed by atoms with Crippen molar-refractivity contribution in [3.8, 4) is 0 Å². The molecule has 1 aliphatic heterocycles. The number of aliphatic hydroxyl groups is 1. The molecule has 1 atom stereocenters. The molecule has 0 saturated heterocycles. The van der Waals surface area contributed by atoms with Gasteiger partial charge >= 0.3 is 0 Å². The van der Waals surface area contributed by atoms with Crippen molar-refractivity contribution in [3.05, 3.63) is 44.8 Å². The topological polar surface area (TPSA) is 49.3 Å². The minimum atomic E-state index is -0.233. The van der Waals surface area contributed by atoms with E-state index in [0.29, 0.717) is 28.8 Å². The molecule has 6 heteroatoms. The van der Waals surface area contributed by atoms with Crippen molar-refractivity contribution in [2.75, 3.05) is 6.54 Å². The minimum Gasteiger partial charge on any atom is -0.392 e. The van der Waals surface area contributed by atoms with Gasteiger partial charge in [-0.05, 0) is 17.5 Å². The quantitative estimate of drug-likeness (QED) is 0.872. The van der Waals surface area contributed by atoms with E-state index in [0.717, 1.165) is 11.1 Å². The molecule has 1 aromatic rings. The van der Waals surface area contributed by atoms with Crippen LogP contribution in [-0.4, -0.2) is 22.8 Å². The average molecular weight is 332 g/mol. The number of hydrogen-bond acceptors (Lipinski definition) is 3. The predicted molar refractivity (Wildman–Crippen MR) is 83.8 cm³/mol. The van der Waals surface area contributed by atoms with Gasteiger partial charge in [-0.3, -0.25) is 4.79 Å². The number of aliphatic hydroxyl groups excluding tert-OH is 1. The van der Waals surface area contributed by atoms with E-state index in [9.17, 15) is 9.90 Å². The third-order valence-electron chi connectivity index (χ3n) is 3.10. The number of rotatable bonds is 5. The van der Waals surface area contributed by atoms with Crippen molar-refractivity contribution in [2.24, 2.45) is 0 Å². The van der Waals surface area contributed by atoms with Crippen LogP contribution in [0.15, 0.2) is 33.7 Å². The lowest BCUT2D eigenvalue weighted by atomic mass is 10.1. The molecule has 3 nitrogen and oxygen atoms in total. The van der Waals surface area contributed by atoms with Gasteiger partial charge in [-0.1, -0.05) is 59.2 Å². The number of nitrogens with one attached hydrogen (secondary N) is 1. The Balaban J connectivity index is 1.80. The van der Waals surface area contributed by atoms with Gasteiger partial charge in [0.25, 0.3) is 0 Å². The maximum atomic E-state index is 12.0. The second kappa shape index (κ2) is 7.36. The van der Waals surface area contributed by atoms with Gasteiger partial charge in [0.2, 0.25) is 5.91 Å². The summed E-state index contributed by atoms with van der Waals surface area (Å²) in [5.41, 5.74) is 1.94. The monoisotopic (exact) mass is 331 g/mol. The first-order valence-electron chi connectivity index (χ1n) is 6.28. The van der Waals surface area contributed by atoms with Gasteiger partial charge < -0.3 is 10.4 Å². The van der Waals surface area contributed by atoms with Gasteiger partial charge in [0, 0.05) is 18.0 Å². The van der Waals surface area contributed by atoms with E-state index < -0.39 is 0 Å². The summed E-state index contributed by atoms with van der Waals surface area (Å²) >= 11 is 13.1. The zero-order chi connectivity index (χ0) is 14.5. The van der Waals surface area contributed by atoms with Gasteiger partial charge in [-0.2, -0.15) is 0 Å². The molecule has 108 valence electrons. The standard InChI is InChI=1S/C14H15Cl2NO2S/c15-11-7-12(20-13(11)16)14(19)17-6-5-9-3-1-2-4-10(9)8-18/h1-4,12,18H,5-8H2,(H,17,19). The number of hydrogen-bond donors (Lipinski definition) is 2. The van der Waals surface area contributed by atoms with Gasteiger partial charge in [-0.25, -0.2) is 0 Å². The Bertz CT molecular complexity index is 520. The van der Waals surface area contributed by atoms with Crippen molar-refractivity contribution >= 4 is 40.9 Å². The van der Waals surface area contributed by atoms with Crippen LogP contribution >= 0.6 is 35.0 Å². The van der Waals surface area contributed by atoms with Crippen LogP contribution in [0.5, 0.6) is 0 Å². The summed E-state index contributed by atoms with van der Waals surface area (Å²) in [7, 11) is 0. The molecule has 1 unspecified atom stereocenters. The first-order valence-corrected chi connectivity index (χ1v) is 7.91. The number of halogens is 2. The zero-order valence-corrected chi connectivity index (χ0v) is 13.1. The van der Waals surface area contributed by atoms with Gasteiger partial charge in [0.1, 0.15) is 0 Å². The summed E-state index contributed by atoms with van der Waals surface area (Å²) < 4.78 is 0.512. The molecule has 2 N–H and O–H groups in total. The Morgan fingerprint density at radius 2 is 2.05 bits per heavy atom. The van der Waals surface area contributed by atoms with Crippen LogP contribution in [0.4, 0.5) is 0 Å². The fraction of sp³-hybridized carbons (Fsp3) is 0.357. The predicted octanol–water partition coefficient (Wildman–Crippen LogP) is 2.99. The van der Waals surface area contributed by atoms with Crippen molar-refractivity contribution < 1.29 is 9.90 Å². The van der Waals surface area contributed by atoms with Crippen LogP contribution in [0.3, 0.4) is 0 Å². The highest BCUT2D eigenvalue weighted by Gasteiger charge is 2.28. The van der Waals surface area contributed by atoms with Crippen LogP contribution in [0.2, 0.25) is 0 Å². The van der Waals surface area contributed by atoms with E-state index in [-0.39, 0.29) is 17.8 Å². The number of allylic oxidation sites excluding steroid dienone is 1. The zero-order valence-electron chi connectivity index (χ0n) is 10.7. The first kappa shape index (κ1) is 15.7. The lowest BCUT2D eigenvalue weighted by Crippen LogP contribution is -2.33. The highest BCUT2D eigenvalue weighted by molar-refractivity contribution is 8.06. The molecule has 0 aromatic heterocycles. The van der Waals surface area contributed by atoms with E-state index in [4.69, 9.17) is 23.2 Å². The van der Waals surface area contributed by atoms with Crippen LogP contribution in [0, 0.1) is 0 Å². The fourth-order valence-corrected chi connectivity index (χ4v) is 3.69. The second-order valence-electron chi connectivity index (χ2n) is 4.46. The van der Waals surface area contributed by atoms with Crippen molar-refractivity contribution in [3.63, 3.8) is 0 Å². The summed E-state index contributed by atoms with van der Waals surface area (Å²) in [6.45, 7) is 0.542. The molecule has 20 heavy (non-hydrogen) atoms. The van der Waals surface area contributed by atoms with E-state index in [1.807, 2.05) is 24.3 Å². The van der Waals surface area contributed by atoms with Crippen LogP contribution in [0.1, 0.15) is 17.5 Å². The first-order chi connectivity index (χ1) is 9.61. The second-order valence-corrected chi connectivity index (χ2v) is 6.73. The molecular formula is C14H15Cl2NO2S. The molecule has 0 radical (unpaired) electrons. The van der Waals surface area contributed by atoms with Gasteiger partial charge in [0.05, 0.1) is 16.2 Å². The summed E-state index contributed by atoms with van der Waals surface area (Å²) in [5, 5.41) is 12.4. The van der Waals surface area contributed by atoms with Crippen LogP contribution in [0.25, 0.3) is 0 Å². The molecule has 0 fully saturated rings. The third kappa shape index (κ3) is 3.92. The van der Waals surface area contributed by atoms with Gasteiger partial charge in [0.15, 0.2) is 0 Å². The van der Waals surface area contributed by atoms with Crippen molar-refractivity contribution in [1.82, 2.24) is 5.32 Å². The number of carbonyl (C=O) groups is 1. The van der Waals surface area contributed by atoms with Crippen molar-refractivity contribution in [1.29, 1.82) is 0 Å². The molecule has 0 aliphatic carbocycles. The summed E-state index contributed by atoms with van der Waals surface area (Å²) in [6.07, 6.45) is 1.18. The van der Waals surface area contributed by atoms with E-state index in [2.05, 4.69) is 5.32 Å². The van der Waals surface area contributed by atoms with Crippen LogP contribution in [-0.2, 0) is 17.8 Å². The summed E-state index contributed by atoms with van der Waals surface area (Å²) in [4.78, 5) is 12.0. The molecule has 1 aromatic carbocycles. The van der Waals surface area contributed by atoms with E-state index in [1.165, 1.54) is 11.8 Å². The molecule has 0 spiro atoms. The Morgan fingerprint density at radius 1 is 1.35 bits per heavy atom. The Morgan fingerprint density at radius 3 is 2.65 bits per heavy atom. The molecule has 1 aliphatic rings. The maximum absolute atomic E-state index is 12.0. The Hall–Kier alpha value is -0.680. The van der Waals surface area contributed by atoms with E-state index in [1.54, 1.807) is 0 Å². The lowest BCUT2D eigenvalue weighted by molar-refractivity contribution is -0.120. The molecule has 1 heterocycles. The third-order valence-corrected chi connectivity index (χ3v) is 5.26. The maximum Gasteiger partial charge on any atom is 0.233 e. The fourth-order valence-electron chi connectivity index (χ4n) is 2.01. The van der Waals surface area contributed by atoms with E-state index >= 15 is 0 Å². The average Bonchev–Trinajstić information content (AvgIpc) is 2.79. The SMILES string of the molecule is O=C(NCCc1ccccc1CO)C1CC(Cl)=C(Cl)S1. The molecule has 2 rings (SSSR count). The minimum absolute atomic E-state index is 0.0116. The largest absolute Gasteiger partial charge is 0.392 e. The number of thioether (sulfide) groups is 1. The highest BCUT2D eigenvalue weighted by atomic mass is 35.5. The normalized spacial score (nSPS) is 18.4. The summed E-state index contributed by atoms with van der Waals surface area (Å²) in [5.74, 6) is -0.0507. The number of benzene rings is 1. The number of amides is 1. The molecular weight excluding hydrogens is 317 g/mol. The van der Waals surface area contributed by atoms with Crippen molar-refractivity contribution in [2.45, 2.75) is 24.7 Å². The molecule has 1 amide bonds. The highest BCUT2D eigenvalue weighted by Crippen LogP contribution is 2.41. The summed E-state index contributed by atoms with van der Waals surface area (Å²) in [6, 6.07) is 7.65. The molecule has 0 saturated carbocycles. The lowest BCUT2D eigenvalue weighted by Gasteiger charge is -2.11.